The summed E-state index contributed by atoms with van der Waals surface area (Å²) in [5.41, 5.74) is 10.5. The Morgan fingerprint density at radius 3 is 2.85 bits per heavy atom. The van der Waals surface area contributed by atoms with Gasteiger partial charge >= 0.3 is 0 Å². The number of aromatic amines is 1. The maximum Gasteiger partial charge on any atom is 0.231 e. The van der Waals surface area contributed by atoms with Gasteiger partial charge in [0.25, 0.3) is 0 Å². The number of fused-ring (bicyclic) bond motifs is 2. The maximum atomic E-state index is 12.0. The fourth-order valence-corrected chi connectivity index (χ4v) is 3.49. The largest absolute Gasteiger partial charge is 0.454 e. The molecule has 2 heterocycles. The minimum atomic E-state index is -0.477. The summed E-state index contributed by atoms with van der Waals surface area (Å²) < 4.78 is 10.9. The first kappa shape index (κ1) is 16.7. The van der Waals surface area contributed by atoms with Crippen molar-refractivity contribution in [2.75, 3.05) is 6.79 Å². The molecule has 0 amide bonds. The number of benzene rings is 2. The summed E-state index contributed by atoms with van der Waals surface area (Å²) in [5, 5.41) is 1.13. The van der Waals surface area contributed by atoms with Crippen LogP contribution in [-0.2, 0) is 17.6 Å². The second-order valence-electron chi connectivity index (χ2n) is 6.62. The molecule has 0 radical (unpaired) electrons. The van der Waals surface area contributed by atoms with E-state index in [9.17, 15) is 4.79 Å². The summed E-state index contributed by atoms with van der Waals surface area (Å²) in [4.78, 5) is 15.5. The molecule has 134 valence electrons. The van der Waals surface area contributed by atoms with Crippen molar-refractivity contribution in [3.63, 3.8) is 0 Å². The quantitative estimate of drug-likeness (QED) is 0.715. The zero-order valence-electron chi connectivity index (χ0n) is 14.7. The van der Waals surface area contributed by atoms with Crippen molar-refractivity contribution < 1.29 is 14.3 Å². The van der Waals surface area contributed by atoms with Gasteiger partial charge in [0.1, 0.15) is 5.78 Å². The predicted molar refractivity (Wildman–Crippen MR) is 101 cm³/mol. The Labute approximate surface area is 152 Å². The minimum Gasteiger partial charge on any atom is -0.454 e. The lowest BCUT2D eigenvalue weighted by atomic mass is 9.96. The number of hydrogen-bond acceptors (Lipinski definition) is 4. The van der Waals surface area contributed by atoms with Crippen LogP contribution < -0.4 is 15.2 Å². The molecule has 1 atom stereocenters. The van der Waals surface area contributed by atoms with Crippen LogP contribution in [0.3, 0.4) is 0 Å². The Morgan fingerprint density at radius 2 is 2.00 bits per heavy atom. The van der Waals surface area contributed by atoms with Crippen LogP contribution in [0.1, 0.15) is 30.2 Å². The van der Waals surface area contributed by atoms with Gasteiger partial charge in [-0.3, -0.25) is 4.79 Å². The first-order valence-corrected chi connectivity index (χ1v) is 8.91. The molecule has 5 heteroatoms. The number of hydrogen-bond donors (Lipinski definition) is 2. The van der Waals surface area contributed by atoms with Crippen molar-refractivity contribution in [3.8, 4) is 11.5 Å². The van der Waals surface area contributed by atoms with Crippen molar-refractivity contribution in [1.82, 2.24) is 4.98 Å². The average Bonchev–Trinajstić information content (AvgIpc) is 3.25. The van der Waals surface area contributed by atoms with E-state index in [-0.39, 0.29) is 12.6 Å². The number of Topliss-reactive ketones (excluding diaryl/α,β-unsaturated/α-hetero) is 1. The molecular weight excluding hydrogens is 328 g/mol. The first-order valence-electron chi connectivity index (χ1n) is 8.91. The summed E-state index contributed by atoms with van der Waals surface area (Å²) >= 11 is 0. The van der Waals surface area contributed by atoms with Crippen LogP contribution in [0.25, 0.3) is 10.9 Å². The molecule has 4 rings (SSSR count). The highest BCUT2D eigenvalue weighted by Gasteiger charge is 2.19. The van der Waals surface area contributed by atoms with Gasteiger partial charge in [0.2, 0.25) is 6.79 Å². The van der Waals surface area contributed by atoms with Gasteiger partial charge in [0.05, 0.1) is 6.04 Å². The van der Waals surface area contributed by atoms with E-state index in [1.807, 2.05) is 37.3 Å². The fraction of sp³-hybridized carbons (Fsp3) is 0.286. The highest BCUT2D eigenvalue weighted by Crippen LogP contribution is 2.34. The number of carbonyl (C=O) groups is 1. The van der Waals surface area contributed by atoms with Crippen molar-refractivity contribution >= 4 is 16.7 Å². The van der Waals surface area contributed by atoms with Crippen LogP contribution >= 0.6 is 0 Å². The van der Waals surface area contributed by atoms with Crippen LogP contribution in [0.2, 0.25) is 0 Å². The number of para-hydroxylation sites is 1. The Balaban J connectivity index is 1.69. The molecule has 1 aliphatic rings. The monoisotopic (exact) mass is 350 g/mol. The van der Waals surface area contributed by atoms with E-state index in [1.54, 1.807) is 0 Å². The van der Waals surface area contributed by atoms with Crippen molar-refractivity contribution in [2.45, 2.75) is 32.2 Å². The number of rotatable bonds is 6. The zero-order chi connectivity index (χ0) is 18.1. The molecule has 0 fully saturated rings. The smallest absolute Gasteiger partial charge is 0.231 e. The SMILES string of the molecule is CCC(=O)C(N)Cc1c(Cc2ccc3c(c2)OCO3)[nH]c2ccccc12. The summed E-state index contributed by atoms with van der Waals surface area (Å²) in [6.45, 7) is 2.12. The van der Waals surface area contributed by atoms with Crippen LogP contribution in [-0.4, -0.2) is 23.6 Å². The number of nitrogens with one attached hydrogen (secondary N) is 1. The van der Waals surface area contributed by atoms with Crippen LogP contribution in [0, 0.1) is 0 Å². The standard InChI is InChI=1S/C21H22N2O3/c1-2-19(24)16(22)11-15-14-5-3-4-6-17(14)23-18(15)9-13-7-8-20-21(10-13)26-12-25-20/h3-8,10,16,23H,2,9,11-12,22H2,1H3. The van der Waals surface area contributed by atoms with Crippen molar-refractivity contribution in [1.29, 1.82) is 0 Å². The Kier molecular flexibility index (Phi) is 4.39. The van der Waals surface area contributed by atoms with Gasteiger partial charge in [-0.25, -0.2) is 0 Å². The van der Waals surface area contributed by atoms with Crippen LogP contribution in [0.15, 0.2) is 42.5 Å². The average molecular weight is 350 g/mol. The van der Waals surface area contributed by atoms with Crippen molar-refractivity contribution in [2.24, 2.45) is 5.73 Å². The topological polar surface area (TPSA) is 77.3 Å². The van der Waals surface area contributed by atoms with E-state index < -0.39 is 6.04 Å². The highest BCUT2D eigenvalue weighted by atomic mass is 16.7. The zero-order valence-corrected chi connectivity index (χ0v) is 14.7. The molecule has 0 saturated heterocycles. The molecule has 1 unspecified atom stereocenters. The highest BCUT2D eigenvalue weighted by molar-refractivity contribution is 5.88. The van der Waals surface area contributed by atoms with Gasteiger partial charge in [0.15, 0.2) is 11.5 Å². The summed E-state index contributed by atoms with van der Waals surface area (Å²) in [6.07, 6.45) is 1.71. The second-order valence-corrected chi connectivity index (χ2v) is 6.62. The molecule has 0 bridgehead atoms. The Morgan fingerprint density at radius 1 is 1.19 bits per heavy atom. The minimum absolute atomic E-state index is 0.0873. The maximum absolute atomic E-state index is 12.0. The van der Waals surface area contributed by atoms with E-state index in [4.69, 9.17) is 15.2 Å². The molecule has 3 aromatic rings. The lowest BCUT2D eigenvalue weighted by Gasteiger charge is -2.11. The molecule has 5 nitrogen and oxygen atoms in total. The van der Waals surface area contributed by atoms with Gasteiger partial charge in [-0.1, -0.05) is 31.2 Å². The van der Waals surface area contributed by atoms with E-state index in [1.165, 1.54) is 0 Å². The Bertz CT molecular complexity index is 961. The third-order valence-electron chi connectivity index (χ3n) is 4.91. The van der Waals surface area contributed by atoms with Gasteiger partial charge in [0, 0.05) is 29.4 Å². The predicted octanol–water partition coefficient (Wildman–Crippen LogP) is 3.34. The molecule has 1 aromatic heterocycles. The number of H-pyrrole nitrogens is 1. The molecule has 0 spiro atoms. The Hall–Kier alpha value is -2.79. The van der Waals surface area contributed by atoms with E-state index in [2.05, 4.69) is 17.1 Å². The molecule has 0 aliphatic carbocycles. The number of nitrogens with two attached hydrogens (primary N) is 1. The first-order chi connectivity index (χ1) is 12.7. The number of ether oxygens (including phenoxy) is 2. The van der Waals surface area contributed by atoms with Crippen LogP contribution in [0.5, 0.6) is 11.5 Å². The lowest BCUT2D eigenvalue weighted by Crippen LogP contribution is -2.32. The molecule has 2 aromatic carbocycles. The number of carbonyl (C=O) groups excluding carboxylic acids is 1. The van der Waals surface area contributed by atoms with Gasteiger partial charge in [-0.2, -0.15) is 0 Å². The number of aromatic nitrogens is 1. The molecule has 26 heavy (non-hydrogen) atoms. The van der Waals surface area contributed by atoms with Crippen molar-refractivity contribution in [3.05, 3.63) is 59.3 Å². The normalized spacial score (nSPS) is 13.9. The summed E-state index contributed by atoms with van der Waals surface area (Å²) in [5.74, 6) is 1.64. The number of ketones is 1. The second kappa shape index (κ2) is 6.84. The summed E-state index contributed by atoms with van der Waals surface area (Å²) in [7, 11) is 0. The third-order valence-corrected chi connectivity index (χ3v) is 4.91. The summed E-state index contributed by atoms with van der Waals surface area (Å²) in [6, 6.07) is 13.7. The van der Waals surface area contributed by atoms with Gasteiger partial charge in [-0.05, 0) is 35.7 Å². The lowest BCUT2D eigenvalue weighted by molar-refractivity contribution is -0.119. The van der Waals surface area contributed by atoms with E-state index >= 15 is 0 Å². The van der Waals surface area contributed by atoms with E-state index in [0.717, 1.165) is 39.2 Å². The molecule has 0 saturated carbocycles. The fourth-order valence-electron chi connectivity index (χ4n) is 3.49. The molecular formula is C21H22N2O3. The molecule has 3 N–H and O–H groups in total. The van der Waals surface area contributed by atoms with Gasteiger partial charge in [-0.15, -0.1) is 0 Å². The van der Waals surface area contributed by atoms with E-state index in [0.29, 0.717) is 19.3 Å². The van der Waals surface area contributed by atoms with Gasteiger partial charge < -0.3 is 20.2 Å². The molecule has 1 aliphatic heterocycles. The van der Waals surface area contributed by atoms with Crippen LogP contribution in [0.4, 0.5) is 0 Å². The third kappa shape index (κ3) is 3.06.